The zero-order chi connectivity index (χ0) is 18.3. The first kappa shape index (κ1) is 16.6. The number of nitrogens with zero attached hydrogens (tertiary/aromatic N) is 3. The minimum absolute atomic E-state index is 0.179. The van der Waals surface area contributed by atoms with Crippen LogP contribution in [0.5, 0.6) is 0 Å². The lowest BCUT2D eigenvalue weighted by molar-refractivity contribution is 0.0930. The summed E-state index contributed by atoms with van der Waals surface area (Å²) in [6.45, 7) is 6.02. The van der Waals surface area contributed by atoms with Gasteiger partial charge < -0.3 is 9.84 Å². The normalized spacial score (nSPS) is 15.0. The molecule has 0 unspecified atom stereocenters. The van der Waals surface area contributed by atoms with Crippen LogP contribution < -0.4 is 5.32 Å². The standard InChI is InChI=1S/C20H22N4O2/c1-12-6-4-5-7-18(12)24-14(3)16(11-21-24)13(2)22-20(25)17-10-19(26-23-17)15-8-9-15/h4-7,10-11,13,15H,8-9H2,1-3H3,(H,22,25)/t13-/m1/s1. The van der Waals surface area contributed by atoms with Crippen LogP contribution in [0.25, 0.3) is 5.69 Å². The number of para-hydroxylation sites is 1. The largest absolute Gasteiger partial charge is 0.360 e. The van der Waals surface area contributed by atoms with Crippen molar-refractivity contribution in [3.05, 3.63) is 64.8 Å². The third kappa shape index (κ3) is 3.03. The van der Waals surface area contributed by atoms with Crippen LogP contribution in [0.1, 0.15) is 64.8 Å². The fourth-order valence-electron chi connectivity index (χ4n) is 3.20. The van der Waals surface area contributed by atoms with Crippen LogP contribution in [0.15, 0.2) is 41.1 Å². The Labute approximate surface area is 152 Å². The van der Waals surface area contributed by atoms with Gasteiger partial charge in [0.2, 0.25) is 0 Å². The van der Waals surface area contributed by atoms with E-state index in [0.717, 1.165) is 41.1 Å². The molecule has 134 valence electrons. The maximum Gasteiger partial charge on any atom is 0.273 e. The smallest absolute Gasteiger partial charge is 0.273 e. The number of amides is 1. The number of hydrogen-bond donors (Lipinski definition) is 1. The summed E-state index contributed by atoms with van der Waals surface area (Å²) in [6, 6.07) is 9.68. The molecule has 6 heteroatoms. The number of benzene rings is 1. The van der Waals surface area contributed by atoms with Crippen LogP contribution in [0, 0.1) is 13.8 Å². The van der Waals surface area contributed by atoms with Crippen molar-refractivity contribution >= 4 is 5.91 Å². The molecule has 1 N–H and O–H groups in total. The van der Waals surface area contributed by atoms with Gasteiger partial charge in [-0.1, -0.05) is 23.4 Å². The van der Waals surface area contributed by atoms with Crippen molar-refractivity contribution in [3.63, 3.8) is 0 Å². The highest BCUT2D eigenvalue weighted by atomic mass is 16.5. The zero-order valence-corrected chi connectivity index (χ0v) is 15.2. The summed E-state index contributed by atoms with van der Waals surface area (Å²) >= 11 is 0. The number of carbonyl (C=O) groups is 1. The van der Waals surface area contributed by atoms with E-state index in [4.69, 9.17) is 4.52 Å². The van der Waals surface area contributed by atoms with E-state index in [0.29, 0.717) is 11.6 Å². The molecule has 26 heavy (non-hydrogen) atoms. The second kappa shape index (κ2) is 6.44. The van der Waals surface area contributed by atoms with E-state index < -0.39 is 0 Å². The molecule has 0 aliphatic heterocycles. The summed E-state index contributed by atoms with van der Waals surface area (Å²) in [4.78, 5) is 12.5. The molecule has 2 heterocycles. The van der Waals surface area contributed by atoms with Crippen LogP contribution in [-0.4, -0.2) is 20.8 Å². The van der Waals surface area contributed by atoms with E-state index in [2.05, 4.69) is 28.6 Å². The molecular weight excluding hydrogens is 328 g/mol. The number of aromatic nitrogens is 3. The number of nitrogens with one attached hydrogen (secondary N) is 1. The molecule has 2 aromatic heterocycles. The minimum Gasteiger partial charge on any atom is -0.360 e. The second-order valence-corrected chi connectivity index (χ2v) is 6.97. The molecule has 0 bridgehead atoms. The molecule has 6 nitrogen and oxygen atoms in total. The van der Waals surface area contributed by atoms with Crippen molar-refractivity contribution < 1.29 is 9.32 Å². The number of carbonyl (C=O) groups excluding carboxylic acids is 1. The first-order chi connectivity index (χ1) is 12.5. The molecule has 1 atom stereocenters. The van der Waals surface area contributed by atoms with Crippen molar-refractivity contribution in [3.8, 4) is 5.69 Å². The summed E-state index contributed by atoms with van der Waals surface area (Å²) in [7, 11) is 0. The van der Waals surface area contributed by atoms with Gasteiger partial charge in [0.25, 0.3) is 5.91 Å². The average Bonchev–Trinajstić information content (AvgIpc) is 3.22. The van der Waals surface area contributed by atoms with E-state index in [-0.39, 0.29) is 11.9 Å². The molecule has 0 saturated heterocycles. The maximum absolute atomic E-state index is 12.5. The van der Waals surface area contributed by atoms with E-state index in [9.17, 15) is 4.79 Å². The van der Waals surface area contributed by atoms with Gasteiger partial charge in [-0.3, -0.25) is 4.79 Å². The van der Waals surface area contributed by atoms with Gasteiger partial charge >= 0.3 is 0 Å². The van der Waals surface area contributed by atoms with Gasteiger partial charge in [0.1, 0.15) is 5.76 Å². The molecule has 3 aromatic rings. The lowest BCUT2D eigenvalue weighted by atomic mass is 10.1. The number of hydrogen-bond acceptors (Lipinski definition) is 4. The molecule has 1 aliphatic carbocycles. The third-order valence-corrected chi connectivity index (χ3v) is 4.95. The fraction of sp³-hybridized carbons (Fsp3) is 0.350. The molecule has 0 spiro atoms. The Kier molecular flexibility index (Phi) is 4.11. The average molecular weight is 350 g/mol. The Balaban J connectivity index is 1.52. The summed E-state index contributed by atoms with van der Waals surface area (Å²) in [6.07, 6.45) is 4.04. The molecule has 0 radical (unpaired) electrons. The van der Waals surface area contributed by atoms with E-state index >= 15 is 0 Å². The zero-order valence-electron chi connectivity index (χ0n) is 15.2. The Morgan fingerprint density at radius 1 is 1.31 bits per heavy atom. The van der Waals surface area contributed by atoms with E-state index in [1.807, 2.05) is 42.9 Å². The lowest BCUT2D eigenvalue weighted by Gasteiger charge is -2.14. The van der Waals surface area contributed by atoms with E-state index in [1.54, 1.807) is 6.07 Å². The van der Waals surface area contributed by atoms with Crippen molar-refractivity contribution in [2.75, 3.05) is 0 Å². The molecule has 1 fully saturated rings. The predicted octanol–water partition coefficient (Wildman–Crippen LogP) is 3.85. The Bertz CT molecular complexity index is 952. The topological polar surface area (TPSA) is 73.0 Å². The summed E-state index contributed by atoms with van der Waals surface area (Å²) in [5.74, 6) is 1.03. The molecule has 1 aliphatic rings. The second-order valence-electron chi connectivity index (χ2n) is 6.97. The van der Waals surface area contributed by atoms with Crippen molar-refractivity contribution in [1.82, 2.24) is 20.3 Å². The van der Waals surface area contributed by atoms with Crippen LogP contribution >= 0.6 is 0 Å². The predicted molar refractivity (Wildman–Crippen MR) is 97.4 cm³/mol. The quantitative estimate of drug-likeness (QED) is 0.759. The van der Waals surface area contributed by atoms with Crippen molar-refractivity contribution in [2.24, 2.45) is 0 Å². The molecular formula is C20H22N4O2. The van der Waals surface area contributed by atoms with Gasteiger partial charge in [-0.25, -0.2) is 4.68 Å². The van der Waals surface area contributed by atoms with Crippen LogP contribution in [0.3, 0.4) is 0 Å². The highest BCUT2D eigenvalue weighted by Crippen LogP contribution is 2.40. The molecule has 1 amide bonds. The first-order valence-electron chi connectivity index (χ1n) is 8.92. The SMILES string of the molecule is Cc1ccccc1-n1ncc([C@@H](C)NC(=O)c2cc(C3CC3)on2)c1C. The van der Waals surface area contributed by atoms with Gasteiger partial charge in [-0.05, 0) is 45.2 Å². The number of rotatable bonds is 5. The highest BCUT2D eigenvalue weighted by Gasteiger charge is 2.29. The maximum atomic E-state index is 12.5. The highest BCUT2D eigenvalue weighted by molar-refractivity contribution is 5.92. The van der Waals surface area contributed by atoms with Gasteiger partial charge in [0.15, 0.2) is 5.69 Å². The fourth-order valence-corrected chi connectivity index (χ4v) is 3.20. The minimum atomic E-state index is -0.226. The van der Waals surface area contributed by atoms with Gasteiger partial charge in [0, 0.05) is 23.2 Å². The summed E-state index contributed by atoms with van der Waals surface area (Å²) in [5.41, 5.74) is 4.51. The summed E-state index contributed by atoms with van der Waals surface area (Å²) in [5, 5.41) is 11.4. The van der Waals surface area contributed by atoms with Gasteiger partial charge in [-0.15, -0.1) is 0 Å². The van der Waals surface area contributed by atoms with Crippen molar-refractivity contribution in [2.45, 2.75) is 45.6 Å². The summed E-state index contributed by atoms with van der Waals surface area (Å²) < 4.78 is 7.18. The Hall–Kier alpha value is -2.89. The lowest BCUT2D eigenvalue weighted by Crippen LogP contribution is -2.27. The third-order valence-electron chi connectivity index (χ3n) is 4.95. The van der Waals surface area contributed by atoms with Crippen LogP contribution in [-0.2, 0) is 0 Å². The van der Waals surface area contributed by atoms with E-state index in [1.165, 1.54) is 0 Å². The molecule has 1 aromatic carbocycles. The monoisotopic (exact) mass is 350 g/mol. The van der Waals surface area contributed by atoms with Crippen LogP contribution in [0.2, 0.25) is 0 Å². The molecule has 4 rings (SSSR count). The number of aryl methyl sites for hydroxylation is 1. The van der Waals surface area contributed by atoms with Crippen LogP contribution in [0.4, 0.5) is 0 Å². The Morgan fingerprint density at radius 3 is 2.81 bits per heavy atom. The Morgan fingerprint density at radius 2 is 2.08 bits per heavy atom. The molecule has 1 saturated carbocycles. The van der Waals surface area contributed by atoms with Crippen molar-refractivity contribution in [1.29, 1.82) is 0 Å². The van der Waals surface area contributed by atoms with Gasteiger partial charge in [-0.2, -0.15) is 5.10 Å². The van der Waals surface area contributed by atoms with Gasteiger partial charge in [0.05, 0.1) is 17.9 Å². The first-order valence-corrected chi connectivity index (χ1v) is 8.92.